The first-order valence-corrected chi connectivity index (χ1v) is 6.43. The second kappa shape index (κ2) is 6.40. The van der Waals surface area contributed by atoms with E-state index in [1.165, 1.54) is 0 Å². The van der Waals surface area contributed by atoms with Gasteiger partial charge in [-0.25, -0.2) is 0 Å². The van der Waals surface area contributed by atoms with Gasteiger partial charge in [0.25, 0.3) is 0 Å². The summed E-state index contributed by atoms with van der Waals surface area (Å²) in [6.45, 7) is 1.39. The Balaban J connectivity index is 1.95. The standard InChI is InChI=1S/C14H19NO3/c16-9-4-3-8-15-14(17)12-7-10-18-13-6-2-1-5-11(12)13/h1-2,5-6,12,16H,3-4,7-10H2,(H,15,17). The van der Waals surface area contributed by atoms with Crippen LogP contribution in [0.25, 0.3) is 0 Å². The topological polar surface area (TPSA) is 58.6 Å². The Kier molecular flexibility index (Phi) is 4.59. The molecule has 2 rings (SSSR count). The number of carbonyl (C=O) groups is 1. The van der Waals surface area contributed by atoms with Gasteiger partial charge in [-0.2, -0.15) is 0 Å². The van der Waals surface area contributed by atoms with E-state index in [9.17, 15) is 4.79 Å². The lowest BCUT2D eigenvalue weighted by Crippen LogP contribution is -2.33. The van der Waals surface area contributed by atoms with E-state index in [0.717, 1.165) is 30.6 Å². The number of aliphatic hydroxyl groups is 1. The molecule has 0 aliphatic carbocycles. The largest absolute Gasteiger partial charge is 0.493 e. The first kappa shape index (κ1) is 12.9. The number of aliphatic hydroxyl groups excluding tert-OH is 1. The molecule has 1 amide bonds. The maximum absolute atomic E-state index is 12.1. The average molecular weight is 249 g/mol. The number of carbonyl (C=O) groups excluding carboxylic acids is 1. The van der Waals surface area contributed by atoms with E-state index in [-0.39, 0.29) is 18.4 Å². The minimum absolute atomic E-state index is 0.0590. The Hall–Kier alpha value is -1.55. The molecule has 0 radical (unpaired) electrons. The van der Waals surface area contributed by atoms with Gasteiger partial charge in [-0.1, -0.05) is 18.2 Å². The molecule has 0 spiro atoms. The van der Waals surface area contributed by atoms with Crippen LogP contribution >= 0.6 is 0 Å². The molecule has 4 heteroatoms. The lowest BCUT2D eigenvalue weighted by molar-refractivity contribution is -0.123. The summed E-state index contributed by atoms with van der Waals surface area (Å²) in [4.78, 5) is 12.1. The smallest absolute Gasteiger partial charge is 0.227 e. The summed E-state index contributed by atoms with van der Waals surface area (Å²) < 4.78 is 5.53. The summed E-state index contributed by atoms with van der Waals surface area (Å²) in [5.74, 6) is 0.770. The zero-order valence-electron chi connectivity index (χ0n) is 10.4. The van der Waals surface area contributed by atoms with Crippen LogP contribution in [0.2, 0.25) is 0 Å². The quantitative estimate of drug-likeness (QED) is 0.776. The van der Waals surface area contributed by atoms with Gasteiger partial charge in [0.1, 0.15) is 5.75 Å². The van der Waals surface area contributed by atoms with Gasteiger partial charge < -0.3 is 15.2 Å². The van der Waals surface area contributed by atoms with Crippen LogP contribution in [0.1, 0.15) is 30.7 Å². The molecule has 0 aromatic heterocycles. The second-order valence-corrected chi connectivity index (χ2v) is 4.45. The Morgan fingerprint density at radius 1 is 1.39 bits per heavy atom. The van der Waals surface area contributed by atoms with Crippen molar-refractivity contribution in [2.75, 3.05) is 19.8 Å². The molecular formula is C14H19NO3. The molecule has 98 valence electrons. The zero-order valence-corrected chi connectivity index (χ0v) is 10.4. The number of hydrogen-bond donors (Lipinski definition) is 2. The highest BCUT2D eigenvalue weighted by molar-refractivity contribution is 5.84. The number of amides is 1. The molecule has 1 aliphatic heterocycles. The second-order valence-electron chi connectivity index (χ2n) is 4.45. The minimum atomic E-state index is -0.107. The Morgan fingerprint density at radius 3 is 3.06 bits per heavy atom. The molecule has 1 heterocycles. The van der Waals surface area contributed by atoms with Crippen molar-refractivity contribution in [1.82, 2.24) is 5.32 Å². The summed E-state index contributed by atoms with van der Waals surface area (Å²) in [5, 5.41) is 11.6. The third-order valence-electron chi connectivity index (χ3n) is 3.16. The van der Waals surface area contributed by atoms with Gasteiger partial charge >= 0.3 is 0 Å². The number of para-hydroxylation sites is 1. The minimum Gasteiger partial charge on any atom is -0.493 e. The third-order valence-corrected chi connectivity index (χ3v) is 3.16. The van der Waals surface area contributed by atoms with E-state index in [0.29, 0.717) is 13.2 Å². The molecule has 0 saturated heterocycles. The third kappa shape index (κ3) is 3.01. The average Bonchev–Trinajstić information content (AvgIpc) is 2.43. The molecule has 1 atom stereocenters. The summed E-state index contributed by atoms with van der Waals surface area (Å²) in [5.41, 5.74) is 0.975. The monoisotopic (exact) mass is 249 g/mol. The van der Waals surface area contributed by atoms with E-state index in [1.54, 1.807) is 0 Å². The summed E-state index contributed by atoms with van der Waals surface area (Å²) >= 11 is 0. The van der Waals surface area contributed by atoms with E-state index in [2.05, 4.69) is 5.32 Å². The first-order valence-electron chi connectivity index (χ1n) is 6.43. The summed E-state index contributed by atoms with van der Waals surface area (Å²) in [6.07, 6.45) is 2.26. The van der Waals surface area contributed by atoms with Crippen LogP contribution in [-0.4, -0.2) is 30.8 Å². The molecule has 1 unspecified atom stereocenters. The van der Waals surface area contributed by atoms with Crippen molar-refractivity contribution in [1.29, 1.82) is 0 Å². The normalized spacial score (nSPS) is 17.7. The number of benzene rings is 1. The summed E-state index contributed by atoms with van der Waals surface area (Å²) in [7, 11) is 0. The highest BCUT2D eigenvalue weighted by Gasteiger charge is 2.26. The number of nitrogens with one attached hydrogen (secondary N) is 1. The van der Waals surface area contributed by atoms with Gasteiger partial charge in [0.05, 0.1) is 12.5 Å². The number of rotatable bonds is 5. The molecule has 18 heavy (non-hydrogen) atoms. The van der Waals surface area contributed by atoms with Crippen LogP contribution in [0.3, 0.4) is 0 Å². The molecule has 1 aliphatic rings. The lowest BCUT2D eigenvalue weighted by atomic mass is 9.92. The molecule has 1 aromatic carbocycles. The predicted molar refractivity (Wildman–Crippen MR) is 68.6 cm³/mol. The molecule has 4 nitrogen and oxygen atoms in total. The molecule has 0 bridgehead atoms. The van der Waals surface area contributed by atoms with Crippen molar-refractivity contribution >= 4 is 5.91 Å². The van der Waals surface area contributed by atoms with Gasteiger partial charge in [0.15, 0.2) is 0 Å². The van der Waals surface area contributed by atoms with Crippen LogP contribution in [-0.2, 0) is 4.79 Å². The van der Waals surface area contributed by atoms with Gasteiger partial charge in [-0.15, -0.1) is 0 Å². The number of unbranched alkanes of at least 4 members (excludes halogenated alkanes) is 1. The Labute approximate surface area is 107 Å². The van der Waals surface area contributed by atoms with Crippen molar-refractivity contribution in [2.45, 2.75) is 25.2 Å². The maximum Gasteiger partial charge on any atom is 0.227 e. The van der Waals surface area contributed by atoms with Crippen LogP contribution in [0.15, 0.2) is 24.3 Å². The van der Waals surface area contributed by atoms with E-state index < -0.39 is 0 Å². The van der Waals surface area contributed by atoms with Crippen molar-refractivity contribution < 1.29 is 14.6 Å². The molecule has 1 aromatic rings. The fraction of sp³-hybridized carbons (Fsp3) is 0.500. The van der Waals surface area contributed by atoms with Crippen molar-refractivity contribution in [3.63, 3.8) is 0 Å². The van der Waals surface area contributed by atoms with Crippen LogP contribution < -0.4 is 10.1 Å². The van der Waals surface area contributed by atoms with Gasteiger partial charge in [-0.05, 0) is 25.3 Å². The summed E-state index contributed by atoms with van der Waals surface area (Å²) in [6, 6.07) is 7.70. The lowest BCUT2D eigenvalue weighted by Gasteiger charge is -2.25. The molecule has 0 saturated carbocycles. The molecular weight excluding hydrogens is 230 g/mol. The fourth-order valence-corrected chi connectivity index (χ4v) is 2.19. The highest BCUT2D eigenvalue weighted by Crippen LogP contribution is 2.33. The predicted octanol–water partition coefficient (Wildman–Crippen LogP) is 1.44. The number of ether oxygens (including phenoxy) is 1. The van der Waals surface area contributed by atoms with Gasteiger partial charge in [0, 0.05) is 18.7 Å². The van der Waals surface area contributed by atoms with Crippen molar-refractivity contribution in [2.24, 2.45) is 0 Å². The van der Waals surface area contributed by atoms with E-state index in [1.807, 2.05) is 24.3 Å². The highest BCUT2D eigenvalue weighted by atomic mass is 16.5. The van der Waals surface area contributed by atoms with Crippen LogP contribution in [0, 0.1) is 0 Å². The Morgan fingerprint density at radius 2 is 2.22 bits per heavy atom. The van der Waals surface area contributed by atoms with Gasteiger partial charge in [0.2, 0.25) is 5.91 Å². The number of hydrogen-bond acceptors (Lipinski definition) is 3. The van der Waals surface area contributed by atoms with Crippen LogP contribution in [0.4, 0.5) is 0 Å². The SMILES string of the molecule is O=C(NCCCCO)C1CCOc2ccccc21. The van der Waals surface area contributed by atoms with E-state index >= 15 is 0 Å². The van der Waals surface area contributed by atoms with Crippen molar-refractivity contribution in [3.05, 3.63) is 29.8 Å². The van der Waals surface area contributed by atoms with Crippen molar-refractivity contribution in [3.8, 4) is 5.75 Å². The zero-order chi connectivity index (χ0) is 12.8. The molecule has 2 N–H and O–H groups in total. The Bertz CT molecular complexity index is 406. The fourth-order valence-electron chi connectivity index (χ4n) is 2.19. The van der Waals surface area contributed by atoms with E-state index in [4.69, 9.17) is 9.84 Å². The first-order chi connectivity index (χ1) is 8.83. The van der Waals surface area contributed by atoms with Gasteiger partial charge in [-0.3, -0.25) is 4.79 Å². The van der Waals surface area contributed by atoms with Crippen LogP contribution in [0.5, 0.6) is 5.75 Å². The maximum atomic E-state index is 12.1. The number of fused-ring (bicyclic) bond motifs is 1. The molecule has 0 fully saturated rings.